The molecule has 0 spiro atoms. The first-order chi connectivity index (χ1) is 16.2. The van der Waals surface area contributed by atoms with Gasteiger partial charge in [0.05, 0.1) is 6.54 Å². The number of hydrogen-bond acceptors (Lipinski definition) is 5. The van der Waals surface area contributed by atoms with E-state index in [-0.39, 0.29) is 5.69 Å². The zero-order chi connectivity index (χ0) is 24.7. The van der Waals surface area contributed by atoms with Gasteiger partial charge in [0.1, 0.15) is 11.6 Å². The van der Waals surface area contributed by atoms with Crippen molar-refractivity contribution in [3.63, 3.8) is 0 Å². The molecule has 0 unspecified atom stereocenters. The molecule has 0 aliphatic carbocycles. The van der Waals surface area contributed by atoms with Crippen molar-refractivity contribution in [1.82, 2.24) is 14.3 Å². The standard InChI is InChI=1S/C26H32N4O4/c1-5-17-29-23(27-30(25(29)32)18-21-11-9-19(2)10-12-21)8-6-7-20-13-15-22(16-14-20)34-26(3,4)24(31)28-33/h9-16H,5-8,17-18H2,1-4H3. The highest BCUT2D eigenvalue weighted by molar-refractivity contribution is 5.85. The van der Waals surface area contributed by atoms with Crippen LogP contribution in [0.25, 0.3) is 0 Å². The van der Waals surface area contributed by atoms with Crippen molar-refractivity contribution in [2.75, 3.05) is 0 Å². The van der Waals surface area contributed by atoms with Gasteiger partial charge in [0.25, 0.3) is 0 Å². The minimum atomic E-state index is -1.30. The predicted molar refractivity (Wildman–Crippen MR) is 131 cm³/mol. The van der Waals surface area contributed by atoms with E-state index < -0.39 is 11.5 Å². The zero-order valence-electron chi connectivity index (χ0n) is 20.3. The smallest absolute Gasteiger partial charge is 0.346 e. The van der Waals surface area contributed by atoms with E-state index in [4.69, 9.17) is 4.74 Å². The second-order valence-corrected chi connectivity index (χ2v) is 9.00. The third-order valence-electron chi connectivity index (χ3n) is 5.66. The fourth-order valence-electron chi connectivity index (χ4n) is 3.71. The van der Waals surface area contributed by atoms with Gasteiger partial charge in [0.15, 0.2) is 5.60 Å². The molecular weight excluding hydrogens is 432 g/mol. The lowest BCUT2D eigenvalue weighted by molar-refractivity contribution is -0.130. The van der Waals surface area contributed by atoms with Gasteiger partial charge in [-0.05, 0) is 63.3 Å². The molecule has 0 radical (unpaired) electrons. The molecule has 3 rings (SSSR count). The Kier molecular flexibility index (Phi) is 8.15. The molecule has 0 saturated carbocycles. The van der Waals surface area contributed by atoms with Gasteiger partial charge in [0, 0.05) is 18.1 Å². The Labute approximate surface area is 199 Å². The third kappa shape index (κ3) is 6.27. The minimum Gasteiger partial charge on any atom is -0.478 e. The number of aromatic nitrogens is 3. The van der Waals surface area contributed by atoms with Gasteiger partial charge in [-0.25, -0.2) is 9.48 Å². The maximum atomic E-state index is 12.9. The number of hydrogen-bond donors (Lipinski definition) is 0. The summed E-state index contributed by atoms with van der Waals surface area (Å²) < 4.78 is 8.94. The Bertz CT molecular complexity index is 1180. The van der Waals surface area contributed by atoms with E-state index in [0.717, 1.165) is 36.2 Å². The number of rotatable bonds is 11. The van der Waals surface area contributed by atoms with Crippen molar-refractivity contribution in [3.8, 4) is 5.75 Å². The topological polar surface area (TPSA) is 95.6 Å². The SMILES string of the molecule is CCCn1c(CCCc2ccc(OC(C)(C)C(=O)N=O)cc2)nn(Cc2ccc(C)cc2)c1=O. The van der Waals surface area contributed by atoms with Crippen LogP contribution in [-0.2, 0) is 30.7 Å². The summed E-state index contributed by atoms with van der Waals surface area (Å²) in [5.41, 5.74) is 1.97. The average molecular weight is 465 g/mol. The molecule has 8 heteroatoms. The molecule has 0 atom stereocenters. The highest BCUT2D eigenvalue weighted by atomic mass is 16.5. The van der Waals surface area contributed by atoms with E-state index >= 15 is 0 Å². The van der Waals surface area contributed by atoms with Crippen molar-refractivity contribution in [2.45, 2.75) is 72.1 Å². The summed E-state index contributed by atoms with van der Waals surface area (Å²) in [4.78, 5) is 35.0. The fraction of sp³-hybridized carbons (Fsp3) is 0.423. The maximum Gasteiger partial charge on any atom is 0.346 e. The monoisotopic (exact) mass is 464 g/mol. The molecule has 0 N–H and O–H groups in total. The van der Waals surface area contributed by atoms with Crippen LogP contribution in [0.1, 0.15) is 56.1 Å². The van der Waals surface area contributed by atoms with Crippen molar-refractivity contribution in [2.24, 2.45) is 5.18 Å². The van der Waals surface area contributed by atoms with Crippen molar-refractivity contribution in [1.29, 1.82) is 0 Å². The molecule has 0 aliphatic rings. The van der Waals surface area contributed by atoms with E-state index in [1.165, 1.54) is 19.4 Å². The van der Waals surface area contributed by atoms with Crippen LogP contribution in [0.3, 0.4) is 0 Å². The minimum absolute atomic E-state index is 0.0686. The number of amides is 1. The molecular formula is C26H32N4O4. The molecule has 0 bridgehead atoms. The van der Waals surface area contributed by atoms with Gasteiger partial charge < -0.3 is 4.74 Å². The summed E-state index contributed by atoms with van der Waals surface area (Å²) in [5, 5.41) is 7.09. The number of carbonyl (C=O) groups is 1. The molecule has 34 heavy (non-hydrogen) atoms. The lowest BCUT2D eigenvalue weighted by Gasteiger charge is -2.21. The number of aryl methyl sites for hydroxylation is 3. The lowest BCUT2D eigenvalue weighted by atomic mass is 10.1. The molecule has 180 valence electrons. The van der Waals surface area contributed by atoms with E-state index in [2.05, 4.69) is 17.2 Å². The highest BCUT2D eigenvalue weighted by Gasteiger charge is 2.31. The van der Waals surface area contributed by atoms with Gasteiger partial charge in [-0.3, -0.25) is 9.36 Å². The summed E-state index contributed by atoms with van der Waals surface area (Å²) in [6.45, 7) is 8.23. The second kappa shape index (κ2) is 11.0. The van der Waals surface area contributed by atoms with Gasteiger partial charge >= 0.3 is 11.6 Å². The highest BCUT2D eigenvalue weighted by Crippen LogP contribution is 2.21. The van der Waals surface area contributed by atoms with E-state index in [1.54, 1.807) is 21.4 Å². The second-order valence-electron chi connectivity index (χ2n) is 9.00. The van der Waals surface area contributed by atoms with Crippen molar-refractivity contribution < 1.29 is 9.53 Å². The lowest BCUT2D eigenvalue weighted by Crippen LogP contribution is -2.36. The van der Waals surface area contributed by atoms with Crippen LogP contribution < -0.4 is 10.4 Å². The first-order valence-electron chi connectivity index (χ1n) is 11.6. The molecule has 1 aromatic heterocycles. The summed E-state index contributed by atoms with van der Waals surface area (Å²) in [5.74, 6) is 0.453. The molecule has 3 aromatic rings. The first kappa shape index (κ1) is 25.1. The van der Waals surface area contributed by atoms with E-state index in [0.29, 0.717) is 25.3 Å². The number of carbonyl (C=O) groups excluding carboxylic acids is 1. The quantitative estimate of drug-likeness (QED) is 0.391. The molecule has 2 aromatic carbocycles. The van der Waals surface area contributed by atoms with Gasteiger partial charge in [-0.2, -0.15) is 5.10 Å². The van der Waals surface area contributed by atoms with Crippen LogP contribution in [-0.4, -0.2) is 25.9 Å². The van der Waals surface area contributed by atoms with Crippen LogP contribution in [0.5, 0.6) is 5.75 Å². The fourth-order valence-corrected chi connectivity index (χ4v) is 3.71. The average Bonchev–Trinajstić information content (AvgIpc) is 3.10. The molecule has 0 saturated heterocycles. The number of nitroso groups, excluding NO2 is 1. The molecule has 1 amide bonds. The number of benzene rings is 2. The molecule has 0 fully saturated rings. The maximum absolute atomic E-state index is 12.9. The Morgan fingerprint density at radius 2 is 1.68 bits per heavy atom. The Morgan fingerprint density at radius 1 is 1.03 bits per heavy atom. The Morgan fingerprint density at radius 3 is 2.29 bits per heavy atom. The Balaban J connectivity index is 1.63. The molecule has 1 heterocycles. The molecule has 8 nitrogen and oxygen atoms in total. The molecule has 0 aliphatic heterocycles. The van der Waals surface area contributed by atoms with Crippen LogP contribution >= 0.6 is 0 Å². The van der Waals surface area contributed by atoms with Crippen molar-refractivity contribution >= 4 is 5.91 Å². The zero-order valence-corrected chi connectivity index (χ0v) is 20.3. The summed E-state index contributed by atoms with van der Waals surface area (Å²) >= 11 is 0. The predicted octanol–water partition coefficient (Wildman–Crippen LogP) is 4.44. The van der Waals surface area contributed by atoms with Gasteiger partial charge in [-0.1, -0.05) is 48.9 Å². The van der Waals surface area contributed by atoms with Gasteiger partial charge in [-0.15, -0.1) is 4.91 Å². The van der Waals surface area contributed by atoms with Crippen LogP contribution in [0.2, 0.25) is 0 Å². The van der Waals surface area contributed by atoms with E-state index in [9.17, 15) is 14.5 Å². The first-order valence-corrected chi connectivity index (χ1v) is 11.6. The third-order valence-corrected chi connectivity index (χ3v) is 5.66. The number of nitrogens with zero attached hydrogens (tertiary/aromatic N) is 4. The van der Waals surface area contributed by atoms with Crippen molar-refractivity contribution in [3.05, 3.63) is 86.4 Å². The number of ether oxygens (including phenoxy) is 1. The van der Waals surface area contributed by atoms with Gasteiger partial charge in [0.2, 0.25) is 0 Å². The Hall–Kier alpha value is -3.55. The van der Waals surface area contributed by atoms with E-state index in [1.807, 2.05) is 43.3 Å². The summed E-state index contributed by atoms with van der Waals surface area (Å²) in [6, 6.07) is 15.5. The summed E-state index contributed by atoms with van der Waals surface area (Å²) in [7, 11) is 0. The largest absolute Gasteiger partial charge is 0.478 e. The van der Waals surface area contributed by atoms with Crippen LogP contribution in [0, 0.1) is 11.8 Å². The van der Waals surface area contributed by atoms with Crippen LogP contribution in [0.15, 0.2) is 58.5 Å². The normalized spacial score (nSPS) is 11.4. The van der Waals surface area contributed by atoms with Crippen LogP contribution in [0.4, 0.5) is 0 Å². The summed E-state index contributed by atoms with van der Waals surface area (Å²) in [6.07, 6.45) is 3.21.